The highest BCUT2D eigenvalue weighted by atomic mass is 31.2. The number of aliphatic hydroxyl groups excluding tert-OH is 8. The molecule has 9 N–H and O–H groups in total. The molecule has 0 aromatic rings. The summed E-state index contributed by atoms with van der Waals surface area (Å²) in [6, 6.07) is 0. The third-order valence-corrected chi connectivity index (χ3v) is 12.2. The number of fused-ring (bicyclic) bond motifs is 4. The maximum absolute atomic E-state index is 13.5. The van der Waals surface area contributed by atoms with Crippen LogP contribution in [0.3, 0.4) is 0 Å². The van der Waals surface area contributed by atoms with Crippen molar-refractivity contribution in [2.75, 3.05) is 13.2 Å². The zero-order valence-corrected chi connectivity index (χ0v) is 38.3. The maximum Gasteiger partial charge on any atom is 0.472 e. The largest absolute Gasteiger partial charge is 0.472 e. The summed E-state index contributed by atoms with van der Waals surface area (Å²) in [5.41, 5.74) is 0. The van der Waals surface area contributed by atoms with Crippen molar-refractivity contribution in [1.29, 1.82) is 0 Å². The first-order valence-corrected chi connectivity index (χ1v) is 24.7. The molecule has 1 saturated heterocycles. The van der Waals surface area contributed by atoms with Crippen LogP contribution in [0.5, 0.6) is 0 Å². The van der Waals surface area contributed by atoms with E-state index in [4.69, 9.17) is 23.3 Å². The fraction of sp³-hybridized carbons (Fsp3) is 0.822. The molecule has 1 fully saturated rings. The Bertz CT molecular complexity index is 1380. The Morgan fingerprint density at radius 2 is 1.48 bits per heavy atom. The molecule has 0 aromatic heterocycles. The van der Waals surface area contributed by atoms with E-state index in [-0.39, 0.29) is 25.7 Å². The molecule has 2 heterocycles. The summed E-state index contributed by atoms with van der Waals surface area (Å²) in [7, 11) is -5.47. The molecule has 18 heteroatoms. The number of carbonyl (C=O) groups is 2. The van der Waals surface area contributed by atoms with Gasteiger partial charge in [0.2, 0.25) is 0 Å². The third kappa shape index (κ3) is 23.8. The standard InChI is InChI=1S/C45H79O17P/c1-3-5-7-8-9-10-11-12-13-14-15-16-21-25-37(48)58-30-33-31-59-63(56,57)62-45-43(54)41(52)36(28-27-32(46)23-19-6-4-2)61-39(50)29-35(47)34(40(51)42(53)44(45)55)24-20-17-18-22-26-38(49)60-33/h10-11,17,20,27-28,32-36,39-47,50-55H,3-9,12-16,18-19,21-26,29-31H2,1-2H3,(H,56,57)/b11-10-,20-17-,28-27?/t32-,33+,34-,35-,36+,39?,40+,41+,42-,43+,44+,45+/m0/s1. The van der Waals surface area contributed by atoms with Crippen LogP contribution in [-0.4, -0.2) is 138 Å². The Balaban J connectivity index is 2.23. The van der Waals surface area contributed by atoms with Gasteiger partial charge in [-0.2, -0.15) is 0 Å². The van der Waals surface area contributed by atoms with Crippen LogP contribution in [0.15, 0.2) is 36.5 Å². The van der Waals surface area contributed by atoms with Gasteiger partial charge in [-0.25, -0.2) is 4.57 Å². The lowest BCUT2D eigenvalue weighted by atomic mass is 9.83. The second-order valence-corrected chi connectivity index (χ2v) is 18.2. The molecule has 0 radical (unpaired) electrons. The van der Waals surface area contributed by atoms with Crippen LogP contribution in [0.1, 0.15) is 149 Å². The predicted molar refractivity (Wildman–Crippen MR) is 234 cm³/mol. The molecule has 2 aliphatic heterocycles. The Kier molecular flexibility index (Phi) is 29.5. The van der Waals surface area contributed by atoms with E-state index >= 15 is 0 Å². The SMILES string of the molecule is CCCCCC/C=C\CCCCCCCC(=O)OC[C@@H]1COP(=O)(O)O[C@H]2[C@H](O)[C@@H](O)[C@H](O)[C@@H](C/C=C\CCCC(=O)O1)[C@@H](O)CC(O)O[C@H](C=C[C@@H](O)CCCCC)[C@@H](O)[C@H]2O. The van der Waals surface area contributed by atoms with E-state index in [1.807, 2.05) is 6.92 Å². The molecule has 0 aliphatic carbocycles. The summed E-state index contributed by atoms with van der Waals surface area (Å²) < 4.78 is 40.2. The van der Waals surface area contributed by atoms with Crippen LogP contribution in [0.2, 0.25) is 0 Å². The summed E-state index contributed by atoms with van der Waals surface area (Å²) in [5, 5.41) is 89.1. The molecule has 2 aliphatic rings. The lowest BCUT2D eigenvalue weighted by molar-refractivity contribution is -0.213. The van der Waals surface area contributed by atoms with Gasteiger partial charge in [0.1, 0.15) is 43.2 Å². The van der Waals surface area contributed by atoms with Crippen molar-refractivity contribution in [3.63, 3.8) is 0 Å². The summed E-state index contributed by atoms with van der Waals surface area (Å²) in [6.45, 7) is 2.75. The van der Waals surface area contributed by atoms with Gasteiger partial charge in [-0.3, -0.25) is 18.6 Å². The fourth-order valence-electron chi connectivity index (χ4n) is 7.39. The van der Waals surface area contributed by atoms with E-state index in [1.165, 1.54) is 31.8 Å². The number of carbonyl (C=O) groups excluding carboxylic acids is 2. The lowest BCUT2D eigenvalue weighted by Gasteiger charge is -2.39. The monoisotopic (exact) mass is 923 g/mol. The van der Waals surface area contributed by atoms with Crippen LogP contribution < -0.4 is 0 Å². The van der Waals surface area contributed by atoms with Crippen molar-refractivity contribution < 1.29 is 83.2 Å². The molecule has 366 valence electrons. The van der Waals surface area contributed by atoms with Crippen molar-refractivity contribution in [3.8, 4) is 0 Å². The first kappa shape index (κ1) is 57.0. The highest BCUT2D eigenvalue weighted by molar-refractivity contribution is 7.47. The molecule has 13 atom stereocenters. The Morgan fingerprint density at radius 3 is 2.17 bits per heavy atom. The number of phosphoric acid groups is 1. The molecule has 0 amide bonds. The van der Waals surface area contributed by atoms with E-state index in [2.05, 4.69) is 19.1 Å². The lowest BCUT2D eigenvalue weighted by Crippen LogP contribution is -2.58. The summed E-state index contributed by atoms with van der Waals surface area (Å²) >= 11 is 0. The van der Waals surface area contributed by atoms with Gasteiger partial charge in [0, 0.05) is 25.2 Å². The molecule has 63 heavy (non-hydrogen) atoms. The van der Waals surface area contributed by atoms with Crippen LogP contribution in [0.4, 0.5) is 0 Å². The minimum atomic E-state index is -5.47. The number of esters is 2. The second-order valence-electron chi connectivity index (χ2n) is 16.8. The number of hydrogen-bond acceptors (Lipinski definition) is 16. The Morgan fingerprint density at radius 1 is 0.841 bits per heavy atom. The number of unbranched alkanes of at least 4 members (excludes halogenated alkanes) is 11. The van der Waals surface area contributed by atoms with Crippen molar-refractivity contribution in [2.45, 2.75) is 216 Å². The normalized spacial score (nSPS) is 33.3. The van der Waals surface area contributed by atoms with E-state index < -0.39 is 113 Å². The smallest absolute Gasteiger partial charge is 0.462 e. The Labute approximate surface area is 373 Å². The Hall–Kier alpha value is -2.09. The number of phosphoric ester groups is 1. The van der Waals surface area contributed by atoms with Crippen LogP contribution >= 0.6 is 7.82 Å². The minimum absolute atomic E-state index is 0.0910. The van der Waals surface area contributed by atoms with Crippen molar-refractivity contribution in [1.82, 2.24) is 0 Å². The number of cyclic esters (lactones) is 1. The van der Waals surface area contributed by atoms with E-state index in [0.717, 1.165) is 57.4 Å². The molecule has 0 spiro atoms. The van der Waals surface area contributed by atoms with Gasteiger partial charge in [0.05, 0.1) is 24.9 Å². The van der Waals surface area contributed by atoms with E-state index in [1.54, 1.807) is 12.2 Å². The topological polar surface area (TPSA) is 279 Å². The third-order valence-electron chi connectivity index (χ3n) is 11.3. The molecule has 2 unspecified atom stereocenters. The van der Waals surface area contributed by atoms with Gasteiger partial charge in [-0.1, -0.05) is 108 Å². The molecular weight excluding hydrogens is 843 g/mol. The fourth-order valence-corrected chi connectivity index (χ4v) is 8.36. The molecule has 0 saturated carbocycles. The first-order chi connectivity index (χ1) is 30.1. The number of rotatable bonds is 21. The van der Waals surface area contributed by atoms with Gasteiger partial charge < -0.3 is 60.0 Å². The molecular formula is C45H79O17P. The second kappa shape index (κ2) is 32.6. The number of aliphatic hydroxyl groups is 8. The van der Waals surface area contributed by atoms with Crippen LogP contribution in [-0.2, 0) is 37.4 Å². The van der Waals surface area contributed by atoms with E-state index in [9.17, 15) is 59.9 Å². The number of hydrogen-bond donors (Lipinski definition) is 9. The summed E-state index contributed by atoms with van der Waals surface area (Å²) in [4.78, 5) is 36.4. The first-order valence-electron chi connectivity index (χ1n) is 23.2. The quantitative estimate of drug-likeness (QED) is 0.0326. The predicted octanol–water partition coefficient (Wildman–Crippen LogP) is 4.72. The van der Waals surface area contributed by atoms with Crippen LogP contribution in [0, 0.1) is 5.92 Å². The van der Waals surface area contributed by atoms with Gasteiger partial charge >= 0.3 is 19.8 Å². The van der Waals surface area contributed by atoms with Gasteiger partial charge in [0.25, 0.3) is 0 Å². The van der Waals surface area contributed by atoms with Crippen LogP contribution in [0.25, 0.3) is 0 Å². The average Bonchev–Trinajstić information content (AvgIpc) is 3.24. The molecule has 17 nitrogen and oxygen atoms in total. The van der Waals surface area contributed by atoms with Crippen molar-refractivity contribution in [2.24, 2.45) is 5.92 Å². The van der Waals surface area contributed by atoms with Gasteiger partial charge in [-0.05, 0) is 57.8 Å². The summed E-state index contributed by atoms with van der Waals surface area (Å²) in [5.74, 6) is -2.62. The highest BCUT2D eigenvalue weighted by Crippen LogP contribution is 2.47. The minimum Gasteiger partial charge on any atom is -0.462 e. The maximum atomic E-state index is 13.5. The zero-order valence-electron chi connectivity index (χ0n) is 37.4. The molecule has 2 rings (SSSR count). The molecule has 0 aromatic carbocycles. The van der Waals surface area contributed by atoms with Gasteiger partial charge in [0.15, 0.2) is 12.4 Å². The summed E-state index contributed by atoms with van der Waals surface area (Å²) in [6.07, 6.45) is 2.83. The number of allylic oxidation sites excluding steroid dienone is 4. The van der Waals surface area contributed by atoms with Crippen molar-refractivity contribution in [3.05, 3.63) is 36.5 Å². The number of ether oxygens (including phenoxy) is 3. The zero-order chi connectivity index (χ0) is 46.6. The highest BCUT2D eigenvalue weighted by Gasteiger charge is 2.48. The molecule has 2 bridgehead atoms. The van der Waals surface area contributed by atoms with Crippen molar-refractivity contribution >= 4 is 19.8 Å². The van der Waals surface area contributed by atoms with Gasteiger partial charge in [-0.15, -0.1) is 0 Å². The average molecular weight is 923 g/mol. The van der Waals surface area contributed by atoms with E-state index in [0.29, 0.717) is 25.7 Å².